The molecule has 4 aromatic heterocycles. The van der Waals surface area contributed by atoms with Gasteiger partial charge in [0.15, 0.2) is 0 Å². The maximum absolute atomic E-state index is 11.8. The summed E-state index contributed by atoms with van der Waals surface area (Å²) in [5.41, 5.74) is 16.3. The molecule has 0 aromatic carbocycles. The van der Waals surface area contributed by atoms with E-state index in [9.17, 15) is 19.8 Å². The quantitative estimate of drug-likeness (QED) is 0.173. The molecular weight excluding hydrogens is 524 g/mol. The monoisotopic (exact) mass is 558 g/mol. The molecule has 0 atom stereocenters. The highest BCUT2D eigenvalue weighted by atomic mass is 16.4. The first kappa shape index (κ1) is 27.3. The van der Waals surface area contributed by atoms with Gasteiger partial charge in [0, 0.05) is 40.5 Å². The second-order valence-electron chi connectivity index (χ2n) is 11.4. The molecule has 2 aliphatic carbocycles. The van der Waals surface area contributed by atoms with E-state index < -0.39 is 11.9 Å². The second-order valence-corrected chi connectivity index (χ2v) is 11.4. The zero-order chi connectivity index (χ0) is 30.0. The zero-order valence-electron chi connectivity index (χ0n) is 24.4. The summed E-state index contributed by atoms with van der Waals surface area (Å²) in [4.78, 5) is 30.6. The van der Waals surface area contributed by atoms with Crippen molar-refractivity contribution in [2.75, 3.05) is 0 Å². The van der Waals surface area contributed by atoms with Crippen LogP contribution in [-0.4, -0.2) is 32.1 Å². The molecule has 6 nitrogen and oxygen atoms in total. The number of nitrogens with one attached hydrogen (secondary N) is 2. The standard InChI is InChI=1S/C36H34N2O4/c1-7-21-17(3)25-13-29-20(6)24(10-12-34(41)42)32(38-29)16-28-23(9-11-33(39)40)18(4)26-14-31-22(8-2)19(5)30(37-31)15-27(21)35(25)36(26)28/h7-8,13-16,37-38H,1-2,9-12H2,3-6H3,(H,39,40)(H,41,42). The van der Waals surface area contributed by atoms with Gasteiger partial charge in [-0.1, -0.05) is 25.3 Å². The van der Waals surface area contributed by atoms with Crippen LogP contribution in [0.15, 0.2) is 43.5 Å². The number of hydrogen-bond acceptors (Lipinski definition) is 2. The molecule has 0 aliphatic heterocycles. The average molecular weight is 559 g/mol. The molecule has 0 saturated heterocycles. The van der Waals surface area contributed by atoms with Crippen LogP contribution in [0, 0.1) is 13.8 Å². The Bertz CT molecular complexity index is 2060. The van der Waals surface area contributed by atoms with Gasteiger partial charge in [0.2, 0.25) is 0 Å². The second kappa shape index (κ2) is 9.91. The summed E-state index contributed by atoms with van der Waals surface area (Å²) in [6.07, 6.45) is 4.59. The van der Waals surface area contributed by atoms with Crippen molar-refractivity contribution in [1.82, 2.24) is 9.97 Å². The van der Waals surface area contributed by atoms with Crippen molar-refractivity contribution in [1.29, 1.82) is 0 Å². The average Bonchev–Trinajstić information content (AvgIpc) is 3.59. The number of carboxylic acid groups (broad SMARTS) is 2. The topological polar surface area (TPSA) is 106 Å². The lowest BCUT2D eigenvalue weighted by Gasteiger charge is -2.06. The third kappa shape index (κ3) is 4.01. The Hall–Kier alpha value is -4.84. The number of aromatic amines is 2. The lowest BCUT2D eigenvalue weighted by Crippen LogP contribution is -1.98. The number of aryl methyl sites for hydroxylation is 3. The SMILES string of the molecule is C=CC1=C(C)c2cc3[nH]c(cc4c5c(cc6[nH]c(cc1c25)c(C)c6C=C)C(C)=C4CCC(=O)O)c(CCC(=O)O)c3C. The molecular formula is C36H34N2O4. The molecule has 0 spiro atoms. The van der Waals surface area contributed by atoms with Gasteiger partial charge in [-0.2, -0.15) is 0 Å². The minimum Gasteiger partial charge on any atom is -0.481 e. The van der Waals surface area contributed by atoms with Crippen molar-refractivity contribution in [2.24, 2.45) is 0 Å². The van der Waals surface area contributed by atoms with E-state index in [1.54, 1.807) is 0 Å². The summed E-state index contributed by atoms with van der Waals surface area (Å²) in [6.45, 7) is 16.6. The third-order valence-electron chi connectivity index (χ3n) is 9.17. The molecule has 0 amide bonds. The van der Waals surface area contributed by atoms with Crippen molar-refractivity contribution in [3.63, 3.8) is 0 Å². The Balaban J connectivity index is 1.90. The highest BCUT2D eigenvalue weighted by molar-refractivity contribution is 6.23. The lowest BCUT2D eigenvalue weighted by molar-refractivity contribution is -0.137. The van der Waals surface area contributed by atoms with E-state index in [4.69, 9.17) is 0 Å². The maximum atomic E-state index is 11.8. The van der Waals surface area contributed by atoms with Crippen LogP contribution < -0.4 is 0 Å². The highest BCUT2D eigenvalue weighted by Crippen LogP contribution is 2.50. The largest absolute Gasteiger partial charge is 0.481 e. The van der Waals surface area contributed by atoms with Crippen LogP contribution in [0.25, 0.3) is 61.2 Å². The van der Waals surface area contributed by atoms with Crippen LogP contribution in [0.3, 0.4) is 0 Å². The zero-order valence-corrected chi connectivity index (χ0v) is 24.4. The van der Waals surface area contributed by atoms with E-state index in [0.29, 0.717) is 12.8 Å². The molecule has 4 aromatic rings. The number of carboxylic acids is 2. The fourth-order valence-corrected chi connectivity index (χ4v) is 6.94. The normalized spacial score (nSPS) is 13.5. The Morgan fingerprint density at radius 3 is 1.90 bits per heavy atom. The van der Waals surface area contributed by atoms with Gasteiger partial charge in [-0.15, -0.1) is 0 Å². The van der Waals surface area contributed by atoms with E-state index in [1.807, 2.05) is 19.1 Å². The van der Waals surface area contributed by atoms with Crippen molar-refractivity contribution in [2.45, 2.75) is 53.4 Å². The van der Waals surface area contributed by atoms with Crippen molar-refractivity contribution >= 4 is 73.1 Å². The molecule has 42 heavy (non-hydrogen) atoms. The summed E-state index contributed by atoms with van der Waals surface area (Å²) in [5, 5.41) is 21.3. The van der Waals surface area contributed by atoms with E-state index >= 15 is 0 Å². The number of hydrogen-bond donors (Lipinski definition) is 4. The fourth-order valence-electron chi connectivity index (χ4n) is 6.94. The van der Waals surface area contributed by atoms with E-state index in [0.717, 1.165) is 99.6 Å². The molecule has 4 bridgehead atoms. The minimum absolute atomic E-state index is 0.00499. The van der Waals surface area contributed by atoms with Gasteiger partial charge in [-0.3, -0.25) is 9.59 Å². The number of allylic oxidation sites excluding steroid dienone is 5. The maximum Gasteiger partial charge on any atom is 0.303 e. The molecule has 4 heterocycles. The van der Waals surface area contributed by atoms with Crippen LogP contribution in [0.4, 0.5) is 0 Å². The summed E-state index contributed by atoms with van der Waals surface area (Å²) < 4.78 is 0. The van der Waals surface area contributed by atoms with Gasteiger partial charge in [-0.05, 0) is 137 Å². The molecule has 4 N–H and O–H groups in total. The molecule has 0 fully saturated rings. The predicted molar refractivity (Wildman–Crippen MR) is 173 cm³/mol. The van der Waals surface area contributed by atoms with Crippen LogP contribution >= 0.6 is 0 Å². The van der Waals surface area contributed by atoms with Crippen molar-refractivity contribution in [3.8, 4) is 0 Å². The first-order valence-corrected chi connectivity index (χ1v) is 14.2. The molecule has 2 aliphatic rings. The summed E-state index contributed by atoms with van der Waals surface area (Å²) >= 11 is 0. The Morgan fingerprint density at radius 1 is 0.690 bits per heavy atom. The molecule has 6 heteroatoms. The Morgan fingerprint density at radius 2 is 1.24 bits per heavy atom. The molecule has 6 rings (SSSR count). The fraction of sp³-hybridized carbons (Fsp3) is 0.222. The van der Waals surface area contributed by atoms with E-state index in [-0.39, 0.29) is 12.8 Å². The first-order chi connectivity index (χ1) is 20.0. The number of aliphatic carboxylic acids is 2. The molecule has 0 saturated carbocycles. The van der Waals surface area contributed by atoms with Gasteiger partial charge in [0.1, 0.15) is 0 Å². The number of H-pyrrole nitrogens is 2. The Kier molecular flexibility index (Phi) is 6.45. The van der Waals surface area contributed by atoms with Crippen LogP contribution in [0.2, 0.25) is 0 Å². The van der Waals surface area contributed by atoms with Crippen molar-refractivity contribution < 1.29 is 19.8 Å². The number of fused-ring (bicyclic) bond motifs is 4. The molecule has 0 unspecified atom stereocenters. The van der Waals surface area contributed by atoms with Gasteiger partial charge >= 0.3 is 11.9 Å². The first-order valence-electron chi connectivity index (χ1n) is 14.2. The van der Waals surface area contributed by atoms with Gasteiger partial charge in [-0.25, -0.2) is 0 Å². The number of aromatic nitrogens is 2. The molecule has 212 valence electrons. The highest BCUT2D eigenvalue weighted by Gasteiger charge is 2.28. The Labute approximate surface area is 244 Å². The van der Waals surface area contributed by atoms with Crippen LogP contribution in [0.1, 0.15) is 77.6 Å². The third-order valence-corrected chi connectivity index (χ3v) is 9.17. The summed E-state index contributed by atoms with van der Waals surface area (Å²) in [6, 6.07) is 8.68. The van der Waals surface area contributed by atoms with Gasteiger partial charge in [0.05, 0.1) is 0 Å². The van der Waals surface area contributed by atoms with Crippen LogP contribution in [0.5, 0.6) is 0 Å². The number of rotatable bonds is 8. The summed E-state index contributed by atoms with van der Waals surface area (Å²) in [7, 11) is 0. The smallest absolute Gasteiger partial charge is 0.303 e. The predicted octanol–water partition coefficient (Wildman–Crippen LogP) is 8.74. The van der Waals surface area contributed by atoms with Crippen LogP contribution in [-0.2, 0) is 16.0 Å². The molecule has 0 radical (unpaired) electrons. The summed E-state index contributed by atoms with van der Waals surface area (Å²) in [5.74, 6) is -1.69. The van der Waals surface area contributed by atoms with E-state index in [2.05, 4.69) is 68.2 Å². The van der Waals surface area contributed by atoms with Crippen molar-refractivity contribution in [3.05, 3.63) is 88.0 Å². The lowest BCUT2D eigenvalue weighted by atomic mass is 9.97. The number of carbonyl (C=O) groups is 2. The van der Waals surface area contributed by atoms with E-state index in [1.165, 1.54) is 0 Å². The van der Waals surface area contributed by atoms with Gasteiger partial charge < -0.3 is 20.2 Å². The minimum atomic E-state index is -0.848. The van der Waals surface area contributed by atoms with Gasteiger partial charge in [0.25, 0.3) is 0 Å².